The monoisotopic (exact) mass is 383 g/mol. The van der Waals surface area contributed by atoms with E-state index >= 15 is 0 Å². The Hall–Kier alpha value is -2.41. The lowest BCUT2D eigenvalue weighted by Crippen LogP contribution is -2.47. The molecule has 1 aliphatic heterocycles. The molecule has 2 fully saturated rings. The highest BCUT2D eigenvalue weighted by Crippen LogP contribution is 2.30. The predicted molar refractivity (Wildman–Crippen MR) is 107 cm³/mol. The van der Waals surface area contributed by atoms with E-state index in [1.807, 2.05) is 18.2 Å². The molecule has 7 nitrogen and oxygen atoms in total. The predicted octanol–water partition coefficient (Wildman–Crippen LogP) is 2.48. The molecule has 2 aromatic rings. The number of aromatic nitrogens is 2. The second kappa shape index (κ2) is 8.73. The number of nitrogens with zero attached hydrogens (tertiary/aromatic N) is 4. The summed E-state index contributed by atoms with van der Waals surface area (Å²) in [5.74, 6) is 2.41. The van der Waals surface area contributed by atoms with E-state index in [0.717, 1.165) is 56.5 Å². The summed E-state index contributed by atoms with van der Waals surface area (Å²) in [5.41, 5.74) is 1.49. The van der Waals surface area contributed by atoms with Gasteiger partial charge in [0, 0.05) is 45.0 Å². The zero-order chi connectivity index (χ0) is 19.3. The molecule has 0 atom stereocenters. The van der Waals surface area contributed by atoms with Crippen molar-refractivity contribution in [2.75, 3.05) is 37.6 Å². The highest BCUT2D eigenvalue weighted by atomic mass is 16.5. The normalized spacial score (nSPS) is 17.7. The van der Waals surface area contributed by atoms with Gasteiger partial charge in [0.1, 0.15) is 5.82 Å². The van der Waals surface area contributed by atoms with Crippen molar-refractivity contribution in [3.63, 3.8) is 0 Å². The lowest BCUT2D eigenvalue weighted by molar-refractivity contribution is 0.0946. The molecule has 1 amide bonds. The van der Waals surface area contributed by atoms with Gasteiger partial charge in [0.25, 0.3) is 5.91 Å². The number of rotatable bonds is 8. The summed E-state index contributed by atoms with van der Waals surface area (Å²) in [6, 6.07) is 5.68. The molecule has 0 bridgehead atoms. The largest absolute Gasteiger partial charge is 0.359 e. The summed E-state index contributed by atoms with van der Waals surface area (Å²) in [5, 5.41) is 6.86. The van der Waals surface area contributed by atoms with E-state index in [1.54, 1.807) is 6.20 Å². The molecule has 150 valence electrons. The average molecular weight is 383 g/mol. The molecule has 1 saturated carbocycles. The third kappa shape index (κ3) is 4.90. The average Bonchev–Trinajstić information content (AvgIpc) is 3.43. The number of aryl methyl sites for hydroxylation is 1. The molecule has 1 aliphatic carbocycles. The van der Waals surface area contributed by atoms with Crippen LogP contribution in [-0.2, 0) is 13.0 Å². The fourth-order valence-corrected chi connectivity index (χ4v) is 3.62. The Bertz CT molecular complexity index is 776. The van der Waals surface area contributed by atoms with Crippen LogP contribution >= 0.6 is 0 Å². The quantitative estimate of drug-likeness (QED) is 0.755. The molecule has 7 heteroatoms. The van der Waals surface area contributed by atoms with Gasteiger partial charge in [-0.1, -0.05) is 18.5 Å². The van der Waals surface area contributed by atoms with E-state index < -0.39 is 0 Å². The minimum absolute atomic E-state index is 0.151. The molecular weight excluding hydrogens is 354 g/mol. The van der Waals surface area contributed by atoms with Gasteiger partial charge in [-0.2, -0.15) is 0 Å². The first kappa shape index (κ1) is 18.9. The highest BCUT2D eigenvalue weighted by molar-refractivity contribution is 5.93. The summed E-state index contributed by atoms with van der Waals surface area (Å²) in [6.45, 7) is 7.87. The number of nitrogens with one attached hydrogen (secondary N) is 1. The first-order chi connectivity index (χ1) is 13.7. The summed E-state index contributed by atoms with van der Waals surface area (Å²) in [6.07, 6.45) is 6.37. The van der Waals surface area contributed by atoms with Gasteiger partial charge in [0.2, 0.25) is 0 Å². The van der Waals surface area contributed by atoms with Gasteiger partial charge in [0.05, 0.1) is 17.8 Å². The number of anilines is 1. The summed E-state index contributed by atoms with van der Waals surface area (Å²) in [4.78, 5) is 21.7. The Balaban J connectivity index is 1.25. The van der Waals surface area contributed by atoms with Crippen molar-refractivity contribution in [3.8, 4) is 0 Å². The molecule has 2 aromatic heterocycles. The second-order valence-electron chi connectivity index (χ2n) is 7.85. The molecule has 4 rings (SSSR count). The van der Waals surface area contributed by atoms with E-state index in [1.165, 1.54) is 19.4 Å². The molecule has 28 heavy (non-hydrogen) atoms. The zero-order valence-electron chi connectivity index (χ0n) is 16.6. The molecule has 0 spiro atoms. The van der Waals surface area contributed by atoms with Crippen LogP contribution < -0.4 is 10.2 Å². The second-order valence-corrected chi connectivity index (χ2v) is 7.85. The van der Waals surface area contributed by atoms with E-state index in [4.69, 9.17) is 4.52 Å². The molecule has 2 aliphatic rings. The third-order valence-corrected chi connectivity index (χ3v) is 5.46. The highest BCUT2D eigenvalue weighted by Gasteiger charge is 2.26. The molecular formula is C21H29N5O2. The minimum Gasteiger partial charge on any atom is -0.359 e. The van der Waals surface area contributed by atoms with Gasteiger partial charge in [-0.05, 0) is 37.3 Å². The maximum absolute atomic E-state index is 12.4. The Morgan fingerprint density at radius 3 is 2.75 bits per heavy atom. The third-order valence-electron chi connectivity index (χ3n) is 5.46. The van der Waals surface area contributed by atoms with E-state index in [2.05, 4.69) is 32.2 Å². The first-order valence-electron chi connectivity index (χ1n) is 10.4. The van der Waals surface area contributed by atoms with Crippen molar-refractivity contribution in [3.05, 3.63) is 41.4 Å². The van der Waals surface area contributed by atoms with Gasteiger partial charge in [0.15, 0.2) is 5.76 Å². The Morgan fingerprint density at radius 1 is 1.25 bits per heavy atom. The maximum Gasteiger partial charge on any atom is 0.253 e. The van der Waals surface area contributed by atoms with Crippen LogP contribution in [0.1, 0.15) is 48.0 Å². The molecule has 1 saturated heterocycles. The number of pyridine rings is 1. The van der Waals surface area contributed by atoms with Gasteiger partial charge in [-0.3, -0.25) is 9.69 Å². The number of carbonyl (C=O) groups is 1. The number of carbonyl (C=O) groups excluding carboxylic acids is 1. The van der Waals surface area contributed by atoms with E-state index in [0.29, 0.717) is 17.9 Å². The summed E-state index contributed by atoms with van der Waals surface area (Å²) >= 11 is 0. The van der Waals surface area contributed by atoms with Crippen LogP contribution in [0.4, 0.5) is 5.82 Å². The van der Waals surface area contributed by atoms with Gasteiger partial charge < -0.3 is 14.7 Å². The van der Waals surface area contributed by atoms with Crippen molar-refractivity contribution >= 4 is 11.7 Å². The van der Waals surface area contributed by atoms with Crippen molar-refractivity contribution in [2.24, 2.45) is 5.92 Å². The Kier molecular flexibility index (Phi) is 5.90. The maximum atomic E-state index is 12.4. The van der Waals surface area contributed by atoms with Gasteiger partial charge in [-0.15, -0.1) is 0 Å². The number of hydrogen-bond acceptors (Lipinski definition) is 6. The van der Waals surface area contributed by atoms with Crippen LogP contribution in [0, 0.1) is 5.92 Å². The minimum atomic E-state index is -0.151. The molecule has 1 N–H and O–H groups in total. The molecule has 0 aromatic carbocycles. The van der Waals surface area contributed by atoms with Crippen LogP contribution in [0.25, 0.3) is 0 Å². The standard InChI is InChI=1S/C21H29N5O2/c1-2-3-18-12-19(28-24-18)14-23-21(27)17-6-7-20(22-13-17)26-10-8-25(9-11-26)15-16-4-5-16/h6-7,12-13,16H,2-5,8-11,14-15H2,1H3,(H,23,27). The fraction of sp³-hybridized carbons (Fsp3) is 0.571. The Morgan fingerprint density at radius 2 is 2.07 bits per heavy atom. The Labute approximate surface area is 166 Å². The summed E-state index contributed by atoms with van der Waals surface area (Å²) in [7, 11) is 0. The van der Waals surface area contributed by atoms with Crippen LogP contribution in [0.15, 0.2) is 28.9 Å². The number of amides is 1. The molecule has 0 unspecified atom stereocenters. The number of hydrogen-bond donors (Lipinski definition) is 1. The van der Waals surface area contributed by atoms with E-state index in [9.17, 15) is 4.79 Å². The SMILES string of the molecule is CCCc1cc(CNC(=O)c2ccc(N3CCN(CC4CC4)CC3)nc2)on1. The smallest absolute Gasteiger partial charge is 0.253 e. The van der Waals surface area contributed by atoms with Gasteiger partial charge in [-0.25, -0.2) is 4.98 Å². The van der Waals surface area contributed by atoms with Crippen LogP contribution in [-0.4, -0.2) is 53.7 Å². The van der Waals surface area contributed by atoms with Crippen molar-refractivity contribution < 1.29 is 9.32 Å². The lowest BCUT2D eigenvalue weighted by atomic mass is 10.2. The topological polar surface area (TPSA) is 74.5 Å². The van der Waals surface area contributed by atoms with Crippen molar-refractivity contribution in [2.45, 2.75) is 39.2 Å². The van der Waals surface area contributed by atoms with Crippen molar-refractivity contribution in [1.29, 1.82) is 0 Å². The zero-order valence-corrected chi connectivity index (χ0v) is 16.6. The fourth-order valence-electron chi connectivity index (χ4n) is 3.62. The van der Waals surface area contributed by atoms with Crippen LogP contribution in [0.2, 0.25) is 0 Å². The molecule has 0 radical (unpaired) electrons. The molecule has 3 heterocycles. The van der Waals surface area contributed by atoms with Crippen LogP contribution in [0.5, 0.6) is 0 Å². The summed E-state index contributed by atoms with van der Waals surface area (Å²) < 4.78 is 5.25. The lowest BCUT2D eigenvalue weighted by Gasteiger charge is -2.35. The van der Waals surface area contributed by atoms with E-state index in [-0.39, 0.29) is 5.91 Å². The first-order valence-corrected chi connectivity index (χ1v) is 10.4. The van der Waals surface area contributed by atoms with Crippen molar-refractivity contribution in [1.82, 2.24) is 20.4 Å². The number of piperazine rings is 1. The van der Waals surface area contributed by atoms with Crippen LogP contribution in [0.3, 0.4) is 0 Å². The van der Waals surface area contributed by atoms with Gasteiger partial charge >= 0.3 is 0 Å².